The zero-order valence-electron chi connectivity index (χ0n) is 22.9. The van der Waals surface area contributed by atoms with Crippen molar-refractivity contribution in [1.29, 1.82) is 0 Å². The molecule has 2 saturated heterocycles. The summed E-state index contributed by atoms with van der Waals surface area (Å²) in [5, 5.41) is 1.72. The molecule has 8 nitrogen and oxygen atoms in total. The van der Waals surface area contributed by atoms with Crippen molar-refractivity contribution in [2.45, 2.75) is 75.8 Å². The maximum absolute atomic E-state index is 14.4. The van der Waals surface area contributed by atoms with Gasteiger partial charge < -0.3 is 23.7 Å². The van der Waals surface area contributed by atoms with Crippen molar-refractivity contribution in [2.75, 3.05) is 26.3 Å². The Morgan fingerprint density at radius 2 is 1.80 bits per heavy atom. The van der Waals surface area contributed by atoms with Crippen molar-refractivity contribution in [3.8, 4) is 0 Å². The van der Waals surface area contributed by atoms with E-state index in [0.717, 1.165) is 12.1 Å². The van der Waals surface area contributed by atoms with Crippen LogP contribution in [0.5, 0.6) is 0 Å². The van der Waals surface area contributed by atoms with Crippen LogP contribution in [0.15, 0.2) is 48.5 Å². The highest BCUT2D eigenvalue weighted by Gasteiger charge is 2.58. The zero-order chi connectivity index (χ0) is 29.3. The molecule has 2 aromatic carbocycles. The predicted octanol–water partition coefficient (Wildman–Crippen LogP) is 4.36. The summed E-state index contributed by atoms with van der Waals surface area (Å²) >= 11 is 0. The molecule has 224 valence electrons. The third-order valence-electron chi connectivity index (χ3n) is 7.51. The third-order valence-corrected chi connectivity index (χ3v) is 7.51. The lowest BCUT2D eigenvalue weighted by Crippen LogP contribution is -2.63. The summed E-state index contributed by atoms with van der Waals surface area (Å²) in [4.78, 5) is 13.9. The first-order valence-electron chi connectivity index (χ1n) is 13.6. The van der Waals surface area contributed by atoms with Gasteiger partial charge in [0.05, 0.1) is 44.2 Å². The van der Waals surface area contributed by atoms with Gasteiger partial charge in [0, 0.05) is 31.5 Å². The zero-order valence-corrected chi connectivity index (χ0v) is 22.9. The van der Waals surface area contributed by atoms with Gasteiger partial charge in [0.25, 0.3) is 5.91 Å². The summed E-state index contributed by atoms with van der Waals surface area (Å²) in [6, 6.07) is 11.0. The minimum atomic E-state index is -4.52. The normalized spacial score (nSPS) is 28.3. The van der Waals surface area contributed by atoms with Crippen LogP contribution in [0.4, 0.5) is 17.6 Å². The Morgan fingerprint density at radius 1 is 1.05 bits per heavy atom. The van der Waals surface area contributed by atoms with E-state index in [2.05, 4.69) is 5.43 Å². The molecule has 1 saturated carbocycles. The highest BCUT2D eigenvalue weighted by atomic mass is 19.4. The molecule has 0 spiro atoms. The molecule has 1 aliphatic carbocycles. The summed E-state index contributed by atoms with van der Waals surface area (Å²) in [5.74, 6) is -1.88. The summed E-state index contributed by atoms with van der Waals surface area (Å²) < 4.78 is 84.6. The van der Waals surface area contributed by atoms with Gasteiger partial charge in [-0.1, -0.05) is 30.3 Å². The number of nitrogens with zero attached hydrogens (tertiary/aromatic N) is 1. The molecule has 5 rings (SSSR count). The summed E-state index contributed by atoms with van der Waals surface area (Å²) in [6.45, 7) is 4.94. The van der Waals surface area contributed by atoms with Crippen molar-refractivity contribution in [2.24, 2.45) is 0 Å². The number of hydrazine groups is 1. The highest BCUT2D eigenvalue weighted by molar-refractivity contribution is 5.85. The van der Waals surface area contributed by atoms with E-state index in [1.54, 1.807) is 37.1 Å². The number of fused-ring (bicyclic) bond motifs is 1. The molecule has 2 heterocycles. The molecule has 4 atom stereocenters. The van der Waals surface area contributed by atoms with Gasteiger partial charge >= 0.3 is 6.18 Å². The summed E-state index contributed by atoms with van der Waals surface area (Å²) in [5.41, 5.74) is 1.14. The predicted molar refractivity (Wildman–Crippen MR) is 138 cm³/mol. The lowest BCUT2D eigenvalue weighted by Gasteiger charge is -2.44. The molecule has 12 heteroatoms. The van der Waals surface area contributed by atoms with E-state index in [0.29, 0.717) is 31.9 Å². The van der Waals surface area contributed by atoms with Crippen molar-refractivity contribution >= 4 is 5.91 Å². The fourth-order valence-electron chi connectivity index (χ4n) is 5.50. The number of hydrogen-bond acceptors (Lipinski definition) is 7. The molecule has 1 amide bonds. The van der Waals surface area contributed by atoms with Crippen LogP contribution < -0.4 is 5.43 Å². The average molecular weight is 583 g/mol. The molecular formula is C29H34F4N2O6. The molecule has 2 aromatic rings. The van der Waals surface area contributed by atoms with Gasteiger partial charge in [-0.2, -0.15) is 13.2 Å². The molecule has 3 aliphatic rings. The van der Waals surface area contributed by atoms with Gasteiger partial charge in [-0.3, -0.25) is 10.2 Å². The van der Waals surface area contributed by atoms with Crippen molar-refractivity contribution in [3.63, 3.8) is 0 Å². The molecule has 0 bridgehead atoms. The lowest BCUT2D eigenvalue weighted by molar-refractivity contribution is -0.188. The number of nitrogens with one attached hydrogen (secondary N) is 1. The number of benzene rings is 2. The number of rotatable bonds is 8. The van der Waals surface area contributed by atoms with E-state index in [4.69, 9.17) is 23.7 Å². The molecular weight excluding hydrogens is 548 g/mol. The Morgan fingerprint density at radius 3 is 2.54 bits per heavy atom. The number of amides is 1. The minimum Gasteiger partial charge on any atom is -0.379 e. The fourth-order valence-corrected chi connectivity index (χ4v) is 5.50. The van der Waals surface area contributed by atoms with Gasteiger partial charge in [-0.15, -0.1) is 0 Å². The minimum absolute atomic E-state index is 0.0111. The van der Waals surface area contributed by atoms with Gasteiger partial charge in [0.2, 0.25) is 0 Å². The quantitative estimate of drug-likeness (QED) is 0.464. The van der Waals surface area contributed by atoms with Crippen molar-refractivity contribution in [1.82, 2.24) is 10.4 Å². The van der Waals surface area contributed by atoms with Gasteiger partial charge in [-0.05, 0) is 37.6 Å². The van der Waals surface area contributed by atoms with E-state index in [-0.39, 0.29) is 31.6 Å². The molecule has 3 fully saturated rings. The number of hydrogen-bond donors (Lipinski definition) is 1. The van der Waals surface area contributed by atoms with E-state index in [9.17, 15) is 22.4 Å². The van der Waals surface area contributed by atoms with E-state index < -0.39 is 53.2 Å². The number of halogens is 4. The monoisotopic (exact) mass is 582 g/mol. The standard InChI is InChI=1S/C29H34F4N2O6/c1-27(2)40-24-16-28(26(36)34-35-10-12-37-13-11-35,39-17-19-6-5-8-21(14-19)29(31,32)33)15-23(25(24)41-27)38-18-20-7-3-4-9-22(20)30/h3-9,14,23-25H,10-13,15-18H2,1-2H3,(H,34,36)/t23-,24-,25+,28-/m1/s1. The molecule has 2 aliphatic heterocycles. The van der Waals surface area contributed by atoms with Gasteiger partial charge in [-0.25, -0.2) is 9.40 Å². The average Bonchev–Trinajstić information content (AvgIpc) is 3.25. The Labute approximate surface area is 235 Å². The van der Waals surface area contributed by atoms with Gasteiger partial charge in [0.1, 0.15) is 11.9 Å². The second-order valence-electron chi connectivity index (χ2n) is 11.0. The Bertz CT molecular complexity index is 1220. The first-order chi connectivity index (χ1) is 19.4. The second-order valence-corrected chi connectivity index (χ2v) is 11.0. The number of ether oxygens (including phenoxy) is 5. The molecule has 0 unspecified atom stereocenters. The van der Waals surface area contributed by atoms with Crippen molar-refractivity contribution < 1.29 is 46.0 Å². The van der Waals surface area contributed by atoms with Crippen LogP contribution in [0.25, 0.3) is 0 Å². The molecule has 0 aromatic heterocycles. The Hall–Kier alpha value is -2.61. The second kappa shape index (κ2) is 11.9. The largest absolute Gasteiger partial charge is 0.416 e. The lowest BCUT2D eigenvalue weighted by atomic mass is 9.78. The van der Waals surface area contributed by atoms with E-state index >= 15 is 0 Å². The van der Waals surface area contributed by atoms with Crippen LogP contribution in [0.2, 0.25) is 0 Å². The van der Waals surface area contributed by atoms with Crippen LogP contribution in [-0.2, 0) is 47.9 Å². The van der Waals surface area contributed by atoms with E-state index in [1.165, 1.54) is 18.2 Å². The van der Waals surface area contributed by atoms with Crippen LogP contribution in [0, 0.1) is 5.82 Å². The highest BCUT2D eigenvalue weighted by Crippen LogP contribution is 2.44. The number of carbonyl (C=O) groups excluding carboxylic acids is 1. The van der Waals surface area contributed by atoms with Gasteiger partial charge in [0.15, 0.2) is 11.4 Å². The SMILES string of the molecule is CC1(C)O[C@H]2[C@H](OCc3ccccc3F)C[C@](OCc3cccc(C(F)(F)F)c3)(C(=O)NN3CCOCC3)C[C@H]2O1. The van der Waals surface area contributed by atoms with Crippen molar-refractivity contribution in [3.05, 3.63) is 71.0 Å². The molecule has 0 radical (unpaired) electrons. The molecule has 1 N–H and O–H groups in total. The van der Waals surface area contributed by atoms with Crippen LogP contribution in [-0.4, -0.2) is 66.9 Å². The Balaban J connectivity index is 1.43. The smallest absolute Gasteiger partial charge is 0.379 e. The number of alkyl halides is 3. The van der Waals surface area contributed by atoms with Crippen LogP contribution >= 0.6 is 0 Å². The topological polar surface area (TPSA) is 78.5 Å². The summed E-state index contributed by atoms with van der Waals surface area (Å²) in [6.07, 6.45) is -6.37. The third kappa shape index (κ3) is 7.07. The summed E-state index contributed by atoms with van der Waals surface area (Å²) in [7, 11) is 0. The van der Waals surface area contributed by atoms with E-state index in [1.807, 2.05) is 0 Å². The fraction of sp³-hybridized carbons (Fsp3) is 0.552. The first-order valence-corrected chi connectivity index (χ1v) is 13.6. The first kappa shape index (κ1) is 29.9. The number of morpholine rings is 1. The van der Waals surface area contributed by atoms with Crippen LogP contribution in [0.3, 0.4) is 0 Å². The number of carbonyl (C=O) groups is 1. The maximum Gasteiger partial charge on any atom is 0.416 e. The Kier molecular flexibility index (Phi) is 8.70. The van der Waals surface area contributed by atoms with Crippen LogP contribution in [0.1, 0.15) is 43.4 Å². The maximum atomic E-state index is 14.4. The molecule has 41 heavy (non-hydrogen) atoms.